The minimum absolute atomic E-state index is 0.124. The van der Waals surface area contributed by atoms with E-state index in [0.29, 0.717) is 46.7 Å². The molecule has 0 saturated heterocycles. The van der Waals surface area contributed by atoms with Crippen molar-refractivity contribution in [2.45, 2.75) is 18.4 Å². The van der Waals surface area contributed by atoms with Gasteiger partial charge in [-0.25, -0.2) is 4.98 Å². The maximum absolute atomic E-state index is 12.7. The summed E-state index contributed by atoms with van der Waals surface area (Å²) in [7, 11) is 0. The van der Waals surface area contributed by atoms with Crippen LogP contribution < -0.4 is 14.8 Å². The molecular weight excluding hydrogens is 482 g/mol. The van der Waals surface area contributed by atoms with Crippen molar-refractivity contribution in [1.82, 2.24) is 4.98 Å². The fraction of sp³-hybridized carbons (Fsp3) is 0.167. The average Bonchev–Trinajstić information content (AvgIpc) is 2.93. The van der Waals surface area contributed by atoms with Gasteiger partial charge in [0.25, 0.3) is 0 Å². The Bertz CT molecular complexity index is 1460. The van der Waals surface area contributed by atoms with E-state index in [-0.39, 0.29) is 12.3 Å². The third-order valence-corrected chi connectivity index (χ3v) is 6.90. The van der Waals surface area contributed by atoms with Crippen LogP contribution in [-0.2, 0) is 4.79 Å². The van der Waals surface area contributed by atoms with E-state index in [0.717, 1.165) is 27.9 Å². The molecular formula is C30H25N3O3S. The highest BCUT2D eigenvalue weighted by molar-refractivity contribution is 7.99. The fourth-order valence-electron chi connectivity index (χ4n) is 4.04. The standard InChI is InChI=1S/C30H25N3O3S/c1-20-7-9-21(10-8-20)24-18-26(22-5-3-2-4-6-22)33-30(25(24)19-31)37-16-13-29(34)32-23-11-12-27-28(17-23)36-15-14-35-27/h2-12,17-18H,13-16H2,1H3,(H,32,34). The van der Waals surface area contributed by atoms with Gasteiger partial charge in [0.1, 0.15) is 24.3 Å². The van der Waals surface area contributed by atoms with E-state index in [2.05, 4.69) is 11.4 Å². The van der Waals surface area contributed by atoms with Crippen LogP contribution in [0.4, 0.5) is 5.69 Å². The van der Waals surface area contributed by atoms with Gasteiger partial charge in [0.05, 0.1) is 11.3 Å². The Morgan fingerprint density at radius 3 is 2.49 bits per heavy atom. The highest BCUT2D eigenvalue weighted by Crippen LogP contribution is 2.35. The van der Waals surface area contributed by atoms with Crippen molar-refractivity contribution in [3.05, 3.63) is 90.0 Å². The van der Waals surface area contributed by atoms with E-state index in [1.807, 2.05) is 67.6 Å². The van der Waals surface area contributed by atoms with E-state index < -0.39 is 0 Å². The van der Waals surface area contributed by atoms with Gasteiger partial charge in [-0.05, 0) is 30.7 Å². The zero-order chi connectivity index (χ0) is 25.6. The number of benzene rings is 3. The van der Waals surface area contributed by atoms with E-state index in [4.69, 9.17) is 14.5 Å². The number of ether oxygens (including phenoxy) is 2. The zero-order valence-corrected chi connectivity index (χ0v) is 21.2. The highest BCUT2D eigenvalue weighted by Gasteiger charge is 2.17. The number of amides is 1. The number of hydrogen-bond acceptors (Lipinski definition) is 6. The Hall–Kier alpha value is -4.28. The predicted octanol–water partition coefficient (Wildman–Crippen LogP) is 6.49. The number of fused-ring (bicyclic) bond motifs is 1. The lowest BCUT2D eigenvalue weighted by Crippen LogP contribution is -2.16. The molecule has 0 radical (unpaired) electrons. The normalized spacial score (nSPS) is 12.0. The van der Waals surface area contributed by atoms with Gasteiger partial charge >= 0.3 is 0 Å². The Labute approximate surface area is 220 Å². The second kappa shape index (κ2) is 11.2. The SMILES string of the molecule is Cc1ccc(-c2cc(-c3ccccc3)nc(SCCC(=O)Nc3ccc4c(c3)OCCO4)c2C#N)cc1. The first kappa shape index (κ1) is 24.4. The summed E-state index contributed by atoms with van der Waals surface area (Å²) in [6, 6.07) is 27.7. The molecule has 0 bridgehead atoms. The summed E-state index contributed by atoms with van der Waals surface area (Å²) in [5.41, 5.74) is 5.87. The summed E-state index contributed by atoms with van der Waals surface area (Å²) >= 11 is 1.42. The molecule has 3 aromatic carbocycles. The highest BCUT2D eigenvalue weighted by atomic mass is 32.2. The van der Waals surface area contributed by atoms with Crippen molar-refractivity contribution in [2.24, 2.45) is 0 Å². The summed E-state index contributed by atoms with van der Waals surface area (Å²) in [4.78, 5) is 17.5. The Morgan fingerprint density at radius 1 is 0.973 bits per heavy atom. The largest absolute Gasteiger partial charge is 0.486 e. The van der Waals surface area contributed by atoms with Crippen molar-refractivity contribution in [3.8, 4) is 40.0 Å². The van der Waals surface area contributed by atoms with Crippen molar-refractivity contribution in [3.63, 3.8) is 0 Å². The molecule has 0 spiro atoms. The second-order valence-electron chi connectivity index (χ2n) is 8.58. The number of nitriles is 1. The van der Waals surface area contributed by atoms with Crippen LogP contribution in [0, 0.1) is 18.3 Å². The molecule has 184 valence electrons. The van der Waals surface area contributed by atoms with Gasteiger partial charge < -0.3 is 14.8 Å². The number of rotatable bonds is 7. The number of thioether (sulfide) groups is 1. The summed E-state index contributed by atoms with van der Waals surface area (Å²) < 4.78 is 11.1. The van der Waals surface area contributed by atoms with Gasteiger partial charge in [-0.15, -0.1) is 11.8 Å². The summed E-state index contributed by atoms with van der Waals surface area (Å²) in [5.74, 6) is 1.66. The van der Waals surface area contributed by atoms with E-state index >= 15 is 0 Å². The van der Waals surface area contributed by atoms with E-state index in [1.165, 1.54) is 11.8 Å². The quantitative estimate of drug-likeness (QED) is 0.288. The van der Waals surface area contributed by atoms with Gasteiger partial charge in [0, 0.05) is 35.1 Å². The molecule has 7 heteroatoms. The minimum Gasteiger partial charge on any atom is -0.486 e. The van der Waals surface area contributed by atoms with Crippen LogP contribution in [0.1, 0.15) is 17.5 Å². The Morgan fingerprint density at radius 2 is 1.73 bits per heavy atom. The molecule has 5 rings (SSSR count). The van der Waals surface area contributed by atoms with Crippen LogP contribution in [0.15, 0.2) is 83.9 Å². The Kier molecular flexibility index (Phi) is 7.38. The summed E-state index contributed by atoms with van der Waals surface area (Å²) in [5, 5.41) is 13.6. The van der Waals surface area contributed by atoms with Crippen molar-refractivity contribution in [2.75, 3.05) is 24.3 Å². The number of nitrogens with one attached hydrogen (secondary N) is 1. The molecule has 1 aliphatic rings. The molecule has 0 unspecified atom stereocenters. The second-order valence-corrected chi connectivity index (χ2v) is 9.67. The number of pyridine rings is 1. The van der Waals surface area contributed by atoms with Crippen LogP contribution in [0.25, 0.3) is 22.4 Å². The molecule has 0 aliphatic carbocycles. The van der Waals surface area contributed by atoms with Crippen molar-refractivity contribution < 1.29 is 14.3 Å². The lowest BCUT2D eigenvalue weighted by atomic mass is 9.98. The molecule has 0 saturated carbocycles. The van der Waals surface area contributed by atoms with Crippen molar-refractivity contribution >= 4 is 23.4 Å². The number of nitrogens with zero attached hydrogens (tertiary/aromatic N) is 2. The van der Waals surface area contributed by atoms with Gasteiger partial charge in [0.15, 0.2) is 11.5 Å². The molecule has 1 N–H and O–H groups in total. The van der Waals surface area contributed by atoms with E-state index in [9.17, 15) is 10.1 Å². The number of hydrogen-bond donors (Lipinski definition) is 1. The smallest absolute Gasteiger partial charge is 0.225 e. The summed E-state index contributed by atoms with van der Waals surface area (Å²) in [6.45, 7) is 3.04. The Balaban J connectivity index is 1.35. The number of carbonyl (C=O) groups excluding carboxylic acids is 1. The first-order valence-corrected chi connectivity index (χ1v) is 13.0. The lowest BCUT2D eigenvalue weighted by Gasteiger charge is -2.19. The number of aromatic nitrogens is 1. The molecule has 4 aromatic rings. The predicted molar refractivity (Wildman–Crippen MR) is 146 cm³/mol. The third-order valence-electron chi connectivity index (χ3n) is 5.92. The molecule has 2 heterocycles. The lowest BCUT2D eigenvalue weighted by molar-refractivity contribution is -0.115. The van der Waals surface area contributed by atoms with Gasteiger partial charge in [-0.1, -0.05) is 60.2 Å². The summed E-state index contributed by atoms with van der Waals surface area (Å²) in [6.07, 6.45) is 0.265. The molecule has 1 amide bonds. The average molecular weight is 508 g/mol. The molecule has 37 heavy (non-hydrogen) atoms. The molecule has 6 nitrogen and oxygen atoms in total. The maximum Gasteiger partial charge on any atom is 0.225 e. The zero-order valence-electron chi connectivity index (χ0n) is 20.4. The van der Waals surface area contributed by atoms with Gasteiger partial charge in [0.2, 0.25) is 5.91 Å². The minimum atomic E-state index is -0.124. The molecule has 0 fully saturated rings. The van der Waals surface area contributed by atoms with E-state index in [1.54, 1.807) is 18.2 Å². The molecule has 1 aromatic heterocycles. The molecule has 0 atom stereocenters. The van der Waals surface area contributed by atoms with Crippen LogP contribution >= 0.6 is 11.8 Å². The first-order valence-electron chi connectivity index (χ1n) is 12.0. The molecule has 1 aliphatic heterocycles. The van der Waals surface area contributed by atoms with Crippen LogP contribution in [0.5, 0.6) is 11.5 Å². The van der Waals surface area contributed by atoms with Gasteiger partial charge in [-0.2, -0.15) is 5.26 Å². The maximum atomic E-state index is 12.7. The topological polar surface area (TPSA) is 84.2 Å². The van der Waals surface area contributed by atoms with Crippen LogP contribution in [0.2, 0.25) is 0 Å². The van der Waals surface area contributed by atoms with Gasteiger partial charge in [-0.3, -0.25) is 4.79 Å². The van der Waals surface area contributed by atoms with Crippen LogP contribution in [-0.4, -0.2) is 29.9 Å². The van der Waals surface area contributed by atoms with Crippen molar-refractivity contribution in [1.29, 1.82) is 5.26 Å². The monoisotopic (exact) mass is 507 g/mol. The third kappa shape index (κ3) is 5.76. The number of carbonyl (C=O) groups is 1. The fourth-order valence-corrected chi connectivity index (χ4v) is 4.98. The number of aryl methyl sites for hydroxylation is 1. The number of anilines is 1. The first-order chi connectivity index (χ1) is 18.1. The van der Waals surface area contributed by atoms with Crippen LogP contribution in [0.3, 0.4) is 0 Å².